The van der Waals surface area contributed by atoms with Gasteiger partial charge in [0.25, 0.3) is 0 Å². The molecule has 88 valence electrons. The summed E-state index contributed by atoms with van der Waals surface area (Å²) in [5, 5.41) is 0. The smallest absolute Gasteiger partial charge is 0.336 e. The van der Waals surface area contributed by atoms with Gasteiger partial charge in [-0.1, -0.05) is 19.3 Å². The lowest BCUT2D eigenvalue weighted by Crippen LogP contribution is -2.30. The highest BCUT2D eigenvalue weighted by Crippen LogP contribution is 2.51. The first-order valence-corrected chi connectivity index (χ1v) is 6.20. The number of carbonyl (C=O) groups is 1. The maximum Gasteiger partial charge on any atom is 0.336 e. The first kappa shape index (κ1) is 10.3. The highest BCUT2D eigenvalue weighted by atomic mass is 16.7. The minimum absolute atomic E-state index is 0.215. The second-order valence-corrected chi connectivity index (χ2v) is 5.55. The molecule has 1 atom stereocenters. The van der Waals surface area contributed by atoms with Gasteiger partial charge in [-0.15, -0.1) is 0 Å². The van der Waals surface area contributed by atoms with Crippen molar-refractivity contribution in [3.8, 4) is 0 Å². The number of esters is 1. The Bertz CT molecular complexity index is 352. The van der Waals surface area contributed by atoms with E-state index >= 15 is 0 Å². The van der Waals surface area contributed by atoms with Gasteiger partial charge in [-0.05, 0) is 25.8 Å². The molecule has 0 amide bonds. The van der Waals surface area contributed by atoms with Crippen LogP contribution >= 0.6 is 0 Å². The van der Waals surface area contributed by atoms with Gasteiger partial charge in [0.15, 0.2) is 0 Å². The van der Waals surface area contributed by atoms with Gasteiger partial charge >= 0.3 is 5.97 Å². The highest BCUT2D eigenvalue weighted by molar-refractivity contribution is 5.90. The Labute approximate surface area is 95.8 Å². The van der Waals surface area contributed by atoms with Crippen LogP contribution in [0.2, 0.25) is 0 Å². The summed E-state index contributed by atoms with van der Waals surface area (Å²) in [6, 6.07) is 0. The molecular weight excluding hydrogens is 204 g/mol. The van der Waals surface area contributed by atoms with E-state index in [0.29, 0.717) is 5.57 Å². The summed E-state index contributed by atoms with van der Waals surface area (Å²) >= 11 is 0. The maximum absolute atomic E-state index is 11.4. The number of carbonyl (C=O) groups excluding carboxylic acids is 1. The van der Waals surface area contributed by atoms with Gasteiger partial charge in [0.05, 0.1) is 6.61 Å². The van der Waals surface area contributed by atoms with E-state index in [1.54, 1.807) is 6.92 Å². The molecular formula is C13H18O3. The summed E-state index contributed by atoms with van der Waals surface area (Å²) < 4.78 is 11.2. The van der Waals surface area contributed by atoms with E-state index < -0.39 is 5.79 Å². The van der Waals surface area contributed by atoms with Crippen molar-refractivity contribution in [1.82, 2.24) is 0 Å². The quantitative estimate of drug-likeness (QED) is 0.591. The molecule has 3 aliphatic rings. The van der Waals surface area contributed by atoms with Crippen molar-refractivity contribution in [2.24, 2.45) is 5.41 Å². The van der Waals surface area contributed by atoms with E-state index in [4.69, 9.17) is 9.47 Å². The molecule has 3 nitrogen and oxygen atoms in total. The summed E-state index contributed by atoms with van der Waals surface area (Å²) in [5.41, 5.74) is 0.965. The fourth-order valence-electron chi connectivity index (χ4n) is 3.34. The summed E-state index contributed by atoms with van der Waals surface area (Å²) in [5.74, 6) is -0.925. The molecule has 0 radical (unpaired) electrons. The Morgan fingerprint density at radius 3 is 2.62 bits per heavy atom. The van der Waals surface area contributed by atoms with Crippen molar-refractivity contribution in [1.29, 1.82) is 0 Å². The fourth-order valence-corrected chi connectivity index (χ4v) is 3.34. The first-order valence-electron chi connectivity index (χ1n) is 6.20. The molecule has 3 heteroatoms. The monoisotopic (exact) mass is 222 g/mol. The van der Waals surface area contributed by atoms with Crippen molar-refractivity contribution in [2.45, 2.75) is 51.2 Å². The molecule has 0 bridgehead atoms. The number of hydrogen-bond donors (Lipinski definition) is 0. The van der Waals surface area contributed by atoms with Crippen LogP contribution < -0.4 is 0 Å². The fraction of sp³-hybridized carbons (Fsp3) is 0.769. The average Bonchev–Trinajstić information content (AvgIpc) is 2.71. The van der Waals surface area contributed by atoms with E-state index in [9.17, 15) is 4.79 Å². The summed E-state index contributed by atoms with van der Waals surface area (Å²) in [6.45, 7) is 2.55. The van der Waals surface area contributed by atoms with E-state index in [2.05, 4.69) is 0 Å². The third-order valence-electron chi connectivity index (χ3n) is 4.18. The number of ether oxygens (including phenoxy) is 2. The van der Waals surface area contributed by atoms with Crippen LogP contribution in [0, 0.1) is 5.41 Å². The average molecular weight is 222 g/mol. The maximum atomic E-state index is 11.4. The molecule has 0 aromatic heterocycles. The second kappa shape index (κ2) is 3.33. The summed E-state index contributed by atoms with van der Waals surface area (Å²) in [6.07, 6.45) is 9.09. The lowest BCUT2D eigenvalue weighted by atomic mass is 9.72. The Balaban J connectivity index is 1.80. The van der Waals surface area contributed by atoms with Crippen LogP contribution in [0.1, 0.15) is 45.4 Å². The Morgan fingerprint density at radius 1 is 1.25 bits per heavy atom. The lowest BCUT2D eigenvalue weighted by Gasteiger charge is -2.32. The minimum atomic E-state index is -0.710. The third kappa shape index (κ3) is 1.49. The molecule has 2 fully saturated rings. The molecule has 1 aliphatic carbocycles. The largest absolute Gasteiger partial charge is 0.426 e. The van der Waals surface area contributed by atoms with Crippen molar-refractivity contribution in [3.63, 3.8) is 0 Å². The predicted molar refractivity (Wildman–Crippen MR) is 58.7 cm³/mol. The molecule has 0 aromatic carbocycles. The van der Waals surface area contributed by atoms with Gasteiger partial charge in [0.2, 0.25) is 5.79 Å². The molecule has 0 N–H and O–H groups in total. The standard InChI is InChI=1S/C13H18O3/c1-10-7-13(16-11(10)14)8-12(9-15-13)5-3-2-4-6-12/h7H,2-6,8-9H2,1H3. The van der Waals surface area contributed by atoms with Crippen LogP contribution in [-0.4, -0.2) is 18.4 Å². The van der Waals surface area contributed by atoms with Crippen molar-refractivity contribution < 1.29 is 14.3 Å². The predicted octanol–water partition coefficient (Wildman–Crippen LogP) is 2.56. The molecule has 3 rings (SSSR count). The van der Waals surface area contributed by atoms with Crippen LogP contribution in [0.5, 0.6) is 0 Å². The van der Waals surface area contributed by atoms with Gasteiger partial charge in [-0.3, -0.25) is 0 Å². The minimum Gasteiger partial charge on any atom is -0.426 e. The van der Waals surface area contributed by atoms with Crippen LogP contribution in [0.25, 0.3) is 0 Å². The molecule has 1 saturated carbocycles. The van der Waals surface area contributed by atoms with Crippen molar-refractivity contribution in [2.75, 3.05) is 6.61 Å². The third-order valence-corrected chi connectivity index (χ3v) is 4.18. The van der Waals surface area contributed by atoms with E-state index in [0.717, 1.165) is 13.0 Å². The molecule has 0 aromatic rings. The van der Waals surface area contributed by atoms with E-state index in [1.807, 2.05) is 6.08 Å². The van der Waals surface area contributed by atoms with Gasteiger partial charge < -0.3 is 9.47 Å². The summed E-state index contributed by atoms with van der Waals surface area (Å²) in [4.78, 5) is 11.4. The zero-order valence-electron chi connectivity index (χ0n) is 9.75. The summed E-state index contributed by atoms with van der Waals surface area (Å²) in [7, 11) is 0. The van der Waals surface area contributed by atoms with E-state index in [1.165, 1.54) is 32.1 Å². The van der Waals surface area contributed by atoms with Crippen molar-refractivity contribution >= 4 is 5.97 Å². The van der Waals surface area contributed by atoms with Crippen LogP contribution in [0.3, 0.4) is 0 Å². The Morgan fingerprint density at radius 2 is 2.00 bits per heavy atom. The molecule has 2 spiro atoms. The Kier molecular flexibility index (Phi) is 2.15. The van der Waals surface area contributed by atoms with Crippen LogP contribution in [0.15, 0.2) is 11.6 Å². The van der Waals surface area contributed by atoms with Crippen molar-refractivity contribution in [3.05, 3.63) is 11.6 Å². The zero-order chi connectivity index (χ0) is 11.2. The zero-order valence-corrected chi connectivity index (χ0v) is 9.75. The van der Waals surface area contributed by atoms with Gasteiger partial charge in [-0.2, -0.15) is 0 Å². The van der Waals surface area contributed by atoms with Gasteiger partial charge in [0, 0.05) is 17.4 Å². The van der Waals surface area contributed by atoms with Gasteiger partial charge in [0.1, 0.15) is 0 Å². The molecule has 1 saturated heterocycles. The molecule has 2 heterocycles. The number of hydrogen-bond acceptors (Lipinski definition) is 3. The highest BCUT2D eigenvalue weighted by Gasteiger charge is 2.53. The van der Waals surface area contributed by atoms with E-state index in [-0.39, 0.29) is 11.4 Å². The lowest BCUT2D eigenvalue weighted by molar-refractivity contribution is -0.182. The van der Waals surface area contributed by atoms with Crippen LogP contribution in [0.4, 0.5) is 0 Å². The first-order chi connectivity index (χ1) is 7.63. The topological polar surface area (TPSA) is 35.5 Å². The molecule has 1 unspecified atom stereocenters. The van der Waals surface area contributed by atoms with Crippen LogP contribution in [-0.2, 0) is 14.3 Å². The second-order valence-electron chi connectivity index (χ2n) is 5.55. The SMILES string of the molecule is CC1=CC2(CC3(CCCCC3)CO2)OC1=O. The Hall–Kier alpha value is -0.830. The number of rotatable bonds is 0. The molecule has 2 aliphatic heterocycles. The molecule has 16 heavy (non-hydrogen) atoms. The normalized spacial score (nSPS) is 36.8. The van der Waals surface area contributed by atoms with Gasteiger partial charge in [-0.25, -0.2) is 4.79 Å².